The van der Waals surface area contributed by atoms with E-state index in [-0.39, 0.29) is 6.04 Å². The largest absolute Gasteiger partial charge is 0.271 e. The summed E-state index contributed by atoms with van der Waals surface area (Å²) in [6.07, 6.45) is 0.880. The van der Waals surface area contributed by atoms with Crippen LogP contribution >= 0.6 is 15.9 Å². The van der Waals surface area contributed by atoms with E-state index in [1.807, 2.05) is 0 Å². The number of hydrogen-bond acceptors (Lipinski definition) is 2. The van der Waals surface area contributed by atoms with Crippen LogP contribution in [0.2, 0.25) is 0 Å². The van der Waals surface area contributed by atoms with E-state index in [2.05, 4.69) is 77.7 Å². The van der Waals surface area contributed by atoms with Crippen molar-refractivity contribution in [2.24, 2.45) is 5.84 Å². The summed E-state index contributed by atoms with van der Waals surface area (Å²) >= 11 is 3.66. The Balaban J connectivity index is 2.31. The Kier molecular flexibility index (Phi) is 4.75. The van der Waals surface area contributed by atoms with Gasteiger partial charge in [0.2, 0.25) is 0 Å². The normalized spacial score (nSPS) is 12.4. The van der Waals surface area contributed by atoms with Crippen LogP contribution in [0.4, 0.5) is 0 Å². The Morgan fingerprint density at radius 3 is 2.42 bits per heavy atom. The van der Waals surface area contributed by atoms with Gasteiger partial charge >= 0.3 is 0 Å². The van der Waals surface area contributed by atoms with Gasteiger partial charge in [-0.05, 0) is 42.5 Å². The summed E-state index contributed by atoms with van der Waals surface area (Å²) in [4.78, 5) is 0. The zero-order valence-corrected chi connectivity index (χ0v) is 12.9. The lowest BCUT2D eigenvalue weighted by Crippen LogP contribution is -2.30. The van der Waals surface area contributed by atoms with E-state index in [0.717, 1.165) is 10.9 Å². The van der Waals surface area contributed by atoms with E-state index in [1.54, 1.807) is 0 Å². The van der Waals surface area contributed by atoms with Crippen LogP contribution in [0.15, 0.2) is 46.9 Å². The Morgan fingerprint density at radius 2 is 1.74 bits per heavy atom. The average molecular weight is 319 g/mol. The molecule has 0 bridgehead atoms. The fraction of sp³-hybridized carbons (Fsp3) is 0.250. The van der Waals surface area contributed by atoms with Crippen molar-refractivity contribution < 1.29 is 0 Å². The van der Waals surface area contributed by atoms with E-state index in [1.165, 1.54) is 22.3 Å². The fourth-order valence-electron chi connectivity index (χ4n) is 2.26. The molecule has 0 aliphatic heterocycles. The number of halogens is 1. The third-order valence-corrected chi connectivity index (χ3v) is 4.57. The van der Waals surface area contributed by atoms with E-state index in [4.69, 9.17) is 5.84 Å². The maximum atomic E-state index is 5.75. The summed E-state index contributed by atoms with van der Waals surface area (Å²) in [6, 6.07) is 14.8. The lowest BCUT2D eigenvalue weighted by Gasteiger charge is -2.20. The molecule has 0 spiro atoms. The first-order chi connectivity index (χ1) is 9.13. The fourth-order valence-corrected chi connectivity index (χ4v) is 2.80. The van der Waals surface area contributed by atoms with E-state index >= 15 is 0 Å². The van der Waals surface area contributed by atoms with Crippen LogP contribution in [-0.4, -0.2) is 0 Å². The molecule has 3 heteroatoms. The van der Waals surface area contributed by atoms with Crippen molar-refractivity contribution in [1.82, 2.24) is 5.43 Å². The van der Waals surface area contributed by atoms with Gasteiger partial charge in [0.15, 0.2) is 0 Å². The minimum Gasteiger partial charge on any atom is -0.271 e. The molecule has 1 unspecified atom stereocenters. The maximum absolute atomic E-state index is 5.75. The van der Waals surface area contributed by atoms with Gasteiger partial charge in [-0.25, -0.2) is 0 Å². The van der Waals surface area contributed by atoms with Crippen molar-refractivity contribution in [3.63, 3.8) is 0 Å². The van der Waals surface area contributed by atoms with Crippen LogP contribution in [0.5, 0.6) is 0 Å². The Labute approximate surface area is 123 Å². The maximum Gasteiger partial charge on any atom is 0.0511 e. The minimum absolute atomic E-state index is 0.107. The summed E-state index contributed by atoms with van der Waals surface area (Å²) in [6.45, 7) is 4.23. The van der Waals surface area contributed by atoms with E-state index in [9.17, 15) is 0 Å². The summed E-state index contributed by atoms with van der Waals surface area (Å²) in [5.41, 5.74) is 7.97. The second kappa shape index (κ2) is 6.33. The molecule has 0 saturated carbocycles. The molecule has 0 aromatic heterocycles. The molecule has 1 atom stereocenters. The summed E-state index contributed by atoms with van der Waals surface area (Å²) in [5.74, 6) is 5.75. The first-order valence-electron chi connectivity index (χ1n) is 6.39. The highest BCUT2D eigenvalue weighted by Gasteiger charge is 2.15. The van der Waals surface area contributed by atoms with Gasteiger partial charge in [0.05, 0.1) is 6.04 Å². The minimum atomic E-state index is 0.107. The van der Waals surface area contributed by atoms with Gasteiger partial charge in [0, 0.05) is 4.47 Å². The second-order valence-electron chi connectivity index (χ2n) is 4.83. The standard InChI is InChI=1S/C16H19BrN2/c1-11-6-3-4-8-13(11)10-15(19-18)14-9-5-7-12(2)16(14)17/h3-9,15,19H,10,18H2,1-2H3. The number of hydrazine groups is 1. The topological polar surface area (TPSA) is 38.0 Å². The Morgan fingerprint density at radius 1 is 1.05 bits per heavy atom. The molecular weight excluding hydrogens is 300 g/mol. The van der Waals surface area contributed by atoms with E-state index in [0.29, 0.717) is 0 Å². The van der Waals surface area contributed by atoms with Gasteiger partial charge in [0.1, 0.15) is 0 Å². The van der Waals surface area contributed by atoms with Crippen LogP contribution in [0, 0.1) is 13.8 Å². The molecule has 2 aromatic carbocycles. The van der Waals surface area contributed by atoms with Crippen LogP contribution < -0.4 is 11.3 Å². The van der Waals surface area contributed by atoms with Gasteiger partial charge in [-0.3, -0.25) is 11.3 Å². The van der Waals surface area contributed by atoms with Crippen LogP contribution in [0.25, 0.3) is 0 Å². The number of nitrogens with two attached hydrogens (primary N) is 1. The zero-order chi connectivity index (χ0) is 13.8. The molecule has 0 radical (unpaired) electrons. The molecule has 0 aliphatic rings. The van der Waals surface area contributed by atoms with Crippen LogP contribution in [-0.2, 0) is 6.42 Å². The van der Waals surface area contributed by atoms with Gasteiger partial charge in [-0.2, -0.15) is 0 Å². The number of hydrogen-bond donors (Lipinski definition) is 2. The quantitative estimate of drug-likeness (QED) is 0.664. The predicted octanol–water partition coefficient (Wildman–Crippen LogP) is 3.81. The monoisotopic (exact) mass is 318 g/mol. The third-order valence-electron chi connectivity index (χ3n) is 3.48. The number of rotatable bonds is 4. The second-order valence-corrected chi connectivity index (χ2v) is 5.62. The van der Waals surface area contributed by atoms with Crippen molar-refractivity contribution >= 4 is 15.9 Å². The molecule has 100 valence electrons. The SMILES string of the molecule is Cc1ccccc1CC(NN)c1cccc(C)c1Br. The molecule has 2 aromatic rings. The molecule has 19 heavy (non-hydrogen) atoms. The number of benzene rings is 2. The molecule has 0 amide bonds. The van der Waals surface area contributed by atoms with E-state index < -0.39 is 0 Å². The molecule has 2 rings (SSSR count). The van der Waals surface area contributed by atoms with Crippen molar-refractivity contribution in [1.29, 1.82) is 0 Å². The molecule has 2 nitrogen and oxygen atoms in total. The van der Waals surface area contributed by atoms with Crippen molar-refractivity contribution in [3.8, 4) is 0 Å². The molecule has 0 aliphatic carbocycles. The summed E-state index contributed by atoms with van der Waals surface area (Å²) in [7, 11) is 0. The highest BCUT2D eigenvalue weighted by Crippen LogP contribution is 2.28. The third kappa shape index (κ3) is 3.24. The average Bonchev–Trinajstić information content (AvgIpc) is 2.41. The van der Waals surface area contributed by atoms with Crippen LogP contribution in [0.1, 0.15) is 28.3 Å². The van der Waals surface area contributed by atoms with Crippen LogP contribution in [0.3, 0.4) is 0 Å². The first kappa shape index (κ1) is 14.3. The Bertz CT molecular complexity index is 566. The Hall–Kier alpha value is -1.16. The first-order valence-corrected chi connectivity index (χ1v) is 7.18. The molecule has 0 fully saturated rings. The molecule has 0 saturated heterocycles. The summed E-state index contributed by atoms with van der Waals surface area (Å²) < 4.78 is 1.13. The summed E-state index contributed by atoms with van der Waals surface area (Å²) in [5, 5.41) is 0. The number of aryl methyl sites for hydroxylation is 2. The van der Waals surface area contributed by atoms with Gasteiger partial charge < -0.3 is 0 Å². The predicted molar refractivity (Wildman–Crippen MR) is 83.8 cm³/mol. The van der Waals surface area contributed by atoms with Crippen molar-refractivity contribution in [3.05, 3.63) is 69.2 Å². The molecular formula is C16H19BrN2. The highest BCUT2D eigenvalue weighted by molar-refractivity contribution is 9.10. The van der Waals surface area contributed by atoms with Gasteiger partial charge in [0.25, 0.3) is 0 Å². The smallest absolute Gasteiger partial charge is 0.0511 e. The molecule has 3 N–H and O–H groups in total. The van der Waals surface area contributed by atoms with Gasteiger partial charge in [-0.1, -0.05) is 58.4 Å². The van der Waals surface area contributed by atoms with Gasteiger partial charge in [-0.15, -0.1) is 0 Å². The van der Waals surface area contributed by atoms with Crippen molar-refractivity contribution in [2.75, 3.05) is 0 Å². The van der Waals surface area contributed by atoms with Crippen molar-refractivity contribution in [2.45, 2.75) is 26.3 Å². The number of nitrogens with one attached hydrogen (secondary N) is 1. The molecule has 0 heterocycles. The lowest BCUT2D eigenvalue weighted by atomic mass is 9.96. The zero-order valence-electron chi connectivity index (χ0n) is 11.3. The lowest BCUT2D eigenvalue weighted by molar-refractivity contribution is 0.548. The highest BCUT2D eigenvalue weighted by atomic mass is 79.9.